The summed E-state index contributed by atoms with van der Waals surface area (Å²) in [5.74, 6) is 1.33. The van der Waals surface area contributed by atoms with Gasteiger partial charge in [-0.05, 0) is 45.4 Å². The van der Waals surface area contributed by atoms with Crippen molar-refractivity contribution in [2.24, 2.45) is 4.99 Å². The number of rotatable bonds is 5. The summed E-state index contributed by atoms with van der Waals surface area (Å²) in [6.07, 6.45) is 13.4. The number of hydrogen-bond acceptors (Lipinski definition) is 1. The number of nitrogens with zero attached hydrogens (tertiary/aromatic N) is 3. The molecule has 2 aliphatic rings. The van der Waals surface area contributed by atoms with Crippen LogP contribution in [0.3, 0.4) is 0 Å². The third-order valence-corrected chi connectivity index (χ3v) is 4.96. The van der Waals surface area contributed by atoms with Crippen molar-refractivity contribution < 1.29 is 0 Å². The summed E-state index contributed by atoms with van der Waals surface area (Å²) >= 11 is 0. The fraction of sp³-hybridized carbons (Fsp3) is 0.944. The molecule has 3 heteroatoms. The van der Waals surface area contributed by atoms with Crippen molar-refractivity contribution in [1.82, 2.24) is 9.80 Å². The Morgan fingerprint density at radius 1 is 1.00 bits per heavy atom. The molecule has 0 bridgehead atoms. The first kappa shape index (κ1) is 16.6. The lowest BCUT2D eigenvalue weighted by Gasteiger charge is -2.37. The Kier molecular flexibility index (Phi) is 7.38. The minimum absolute atomic E-state index is 0.589. The van der Waals surface area contributed by atoms with Gasteiger partial charge in [0.2, 0.25) is 0 Å². The third kappa shape index (κ3) is 5.19. The molecule has 2 rings (SSSR count). The Labute approximate surface area is 131 Å². The molecule has 0 spiro atoms. The highest BCUT2D eigenvalue weighted by Gasteiger charge is 2.22. The molecule has 1 aliphatic heterocycles. The average molecular weight is 293 g/mol. The molecule has 0 N–H and O–H groups in total. The first-order valence-electron chi connectivity index (χ1n) is 9.42. The van der Waals surface area contributed by atoms with Crippen LogP contribution in [0.2, 0.25) is 0 Å². The molecule has 1 aliphatic carbocycles. The predicted octanol–water partition coefficient (Wildman–Crippen LogP) is 4.28. The van der Waals surface area contributed by atoms with Gasteiger partial charge < -0.3 is 9.80 Å². The second-order valence-electron chi connectivity index (χ2n) is 6.70. The van der Waals surface area contributed by atoms with E-state index in [9.17, 15) is 0 Å². The van der Waals surface area contributed by atoms with Gasteiger partial charge in [0.15, 0.2) is 5.96 Å². The molecule has 2 fully saturated rings. The van der Waals surface area contributed by atoms with Crippen LogP contribution in [0.4, 0.5) is 0 Å². The maximum atomic E-state index is 5.25. The van der Waals surface area contributed by atoms with Gasteiger partial charge >= 0.3 is 0 Å². The Balaban J connectivity index is 2.08. The lowest BCUT2D eigenvalue weighted by atomic mass is 9.96. The second kappa shape index (κ2) is 9.32. The zero-order valence-electron chi connectivity index (χ0n) is 14.3. The molecule has 1 heterocycles. The van der Waals surface area contributed by atoms with Gasteiger partial charge in [-0.15, -0.1) is 0 Å². The topological polar surface area (TPSA) is 18.8 Å². The van der Waals surface area contributed by atoms with E-state index in [2.05, 4.69) is 23.6 Å². The van der Waals surface area contributed by atoms with Crippen LogP contribution >= 0.6 is 0 Å². The van der Waals surface area contributed by atoms with Crippen molar-refractivity contribution in [2.75, 3.05) is 26.2 Å². The minimum atomic E-state index is 0.589. The minimum Gasteiger partial charge on any atom is -0.343 e. The Morgan fingerprint density at radius 2 is 1.67 bits per heavy atom. The molecule has 3 nitrogen and oxygen atoms in total. The van der Waals surface area contributed by atoms with Crippen molar-refractivity contribution in [3.05, 3.63) is 0 Å². The fourth-order valence-electron chi connectivity index (χ4n) is 3.58. The van der Waals surface area contributed by atoms with Gasteiger partial charge in [0.25, 0.3) is 0 Å². The Hall–Kier alpha value is -0.730. The van der Waals surface area contributed by atoms with Crippen LogP contribution in [0.5, 0.6) is 0 Å². The summed E-state index contributed by atoms with van der Waals surface area (Å²) in [4.78, 5) is 10.4. The molecule has 0 amide bonds. The van der Waals surface area contributed by atoms with Crippen LogP contribution in [-0.4, -0.2) is 48.0 Å². The highest BCUT2D eigenvalue weighted by Crippen LogP contribution is 2.22. The van der Waals surface area contributed by atoms with E-state index in [0.29, 0.717) is 6.04 Å². The number of likely N-dealkylation sites (tertiary alicyclic amines) is 1. The monoisotopic (exact) mass is 293 g/mol. The summed E-state index contributed by atoms with van der Waals surface area (Å²) in [6.45, 7) is 9.28. The molecule has 0 aromatic rings. The van der Waals surface area contributed by atoms with Gasteiger partial charge in [0.1, 0.15) is 0 Å². The van der Waals surface area contributed by atoms with E-state index in [4.69, 9.17) is 4.99 Å². The molecule has 0 aromatic carbocycles. The van der Waals surface area contributed by atoms with E-state index < -0.39 is 0 Å². The normalized spacial score (nSPS) is 21.6. The number of guanidine groups is 1. The summed E-state index contributed by atoms with van der Waals surface area (Å²) in [5.41, 5.74) is 0. The van der Waals surface area contributed by atoms with Crippen molar-refractivity contribution >= 4 is 5.96 Å². The second-order valence-corrected chi connectivity index (χ2v) is 6.70. The number of aliphatic imine (C=N–C) groups is 1. The maximum absolute atomic E-state index is 5.25. The molecule has 0 unspecified atom stereocenters. The molecular weight excluding hydrogens is 258 g/mol. The quantitative estimate of drug-likeness (QED) is 0.556. The summed E-state index contributed by atoms with van der Waals surface area (Å²) in [7, 11) is 0. The highest BCUT2D eigenvalue weighted by atomic mass is 15.4. The van der Waals surface area contributed by atoms with E-state index in [1.54, 1.807) is 0 Å². The molecule has 122 valence electrons. The van der Waals surface area contributed by atoms with E-state index in [0.717, 1.165) is 6.54 Å². The van der Waals surface area contributed by atoms with E-state index in [-0.39, 0.29) is 0 Å². The van der Waals surface area contributed by atoms with Crippen LogP contribution in [0.25, 0.3) is 0 Å². The van der Waals surface area contributed by atoms with Gasteiger partial charge in [-0.2, -0.15) is 0 Å². The smallest absolute Gasteiger partial charge is 0.196 e. The fourth-order valence-corrected chi connectivity index (χ4v) is 3.58. The molecule has 1 saturated carbocycles. The summed E-state index contributed by atoms with van der Waals surface area (Å²) in [6, 6.07) is 0.589. The van der Waals surface area contributed by atoms with E-state index >= 15 is 0 Å². The van der Waals surface area contributed by atoms with Gasteiger partial charge in [0, 0.05) is 26.2 Å². The average Bonchev–Trinajstić information content (AvgIpc) is 2.56. The van der Waals surface area contributed by atoms with Crippen LogP contribution in [0.15, 0.2) is 4.99 Å². The van der Waals surface area contributed by atoms with Crippen LogP contribution in [0.1, 0.15) is 78.1 Å². The van der Waals surface area contributed by atoms with Crippen LogP contribution < -0.4 is 0 Å². The third-order valence-electron chi connectivity index (χ3n) is 4.96. The van der Waals surface area contributed by atoms with E-state index in [1.165, 1.54) is 89.8 Å². The van der Waals surface area contributed by atoms with Crippen LogP contribution in [0, 0.1) is 0 Å². The number of piperidine rings is 1. The SMILES string of the molecule is CCCCN(CC)C(=NC1CCCCC1)N1CCCCC1. The Bertz CT molecular complexity index is 302. The number of hydrogen-bond donors (Lipinski definition) is 0. The van der Waals surface area contributed by atoms with Gasteiger partial charge in [-0.25, -0.2) is 4.99 Å². The molecule has 21 heavy (non-hydrogen) atoms. The Morgan fingerprint density at radius 3 is 2.29 bits per heavy atom. The summed E-state index contributed by atoms with van der Waals surface area (Å²) in [5, 5.41) is 0. The van der Waals surface area contributed by atoms with Gasteiger partial charge in [0.05, 0.1) is 6.04 Å². The standard InChI is InChI=1S/C18H35N3/c1-3-5-14-20(4-2)18(21-15-10-7-11-16-21)19-17-12-8-6-9-13-17/h17H,3-16H2,1-2H3. The van der Waals surface area contributed by atoms with Gasteiger partial charge in [-0.3, -0.25) is 0 Å². The highest BCUT2D eigenvalue weighted by molar-refractivity contribution is 5.80. The first-order valence-corrected chi connectivity index (χ1v) is 9.42. The van der Waals surface area contributed by atoms with E-state index in [1.807, 2.05) is 0 Å². The van der Waals surface area contributed by atoms with Crippen molar-refractivity contribution in [2.45, 2.75) is 84.1 Å². The van der Waals surface area contributed by atoms with Crippen molar-refractivity contribution in [3.63, 3.8) is 0 Å². The zero-order chi connectivity index (χ0) is 14.9. The van der Waals surface area contributed by atoms with Gasteiger partial charge in [-0.1, -0.05) is 32.6 Å². The van der Waals surface area contributed by atoms with Crippen LogP contribution in [-0.2, 0) is 0 Å². The lowest BCUT2D eigenvalue weighted by molar-refractivity contribution is 0.277. The largest absolute Gasteiger partial charge is 0.343 e. The summed E-state index contributed by atoms with van der Waals surface area (Å²) < 4.78 is 0. The van der Waals surface area contributed by atoms with Crippen molar-refractivity contribution in [1.29, 1.82) is 0 Å². The lowest BCUT2D eigenvalue weighted by Crippen LogP contribution is -2.47. The number of unbranched alkanes of at least 4 members (excludes halogenated alkanes) is 1. The van der Waals surface area contributed by atoms with Crippen molar-refractivity contribution in [3.8, 4) is 0 Å². The first-order chi connectivity index (χ1) is 10.3. The maximum Gasteiger partial charge on any atom is 0.196 e. The zero-order valence-corrected chi connectivity index (χ0v) is 14.3. The molecule has 0 radical (unpaired) electrons. The molecule has 0 aromatic heterocycles. The molecule has 1 saturated heterocycles. The molecular formula is C18H35N3. The predicted molar refractivity (Wildman–Crippen MR) is 91.9 cm³/mol. The molecule has 0 atom stereocenters.